The lowest BCUT2D eigenvalue weighted by atomic mass is 10.1. The quantitative estimate of drug-likeness (QED) is 0.538. The molecule has 0 atom stereocenters. The number of nitrogens with zero attached hydrogens (tertiary/aromatic N) is 1. The zero-order valence-corrected chi connectivity index (χ0v) is 12.9. The molecule has 0 saturated carbocycles. The Morgan fingerprint density at radius 3 is 2.43 bits per heavy atom. The molecule has 0 aliphatic rings. The highest BCUT2D eigenvalue weighted by atomic mass is 16.4. The normalized spacial score (nSPS) is 10.5. The lowest BCUT2D eigenvalue weighted by Crippen LogP contribution is -2.10. The highest BCUT2D eigenvalue weighted by Crippen LogP contribution is 2.20. The predicted molar refractivity (Wildman–Crippen MR) is 86.7 cm³/mol. The summed E-state index contributed by atoms with van der Waals surface area (Å²) < 4.78 is 0. The third-order valence-corrected chi connectivity index (χ3v) is 3.54. The van der Waals surface area contributed by atoms with E-state index in [4.69, 9.17) is 10.8 Å². The highest BCUT2D eigenvalue weighted by Gasteiger charge is 2.11. The van der Waals surface area contributed by atoms with Crippen molar-refractivity contribution in [3.8, 4) is 0 Å². The minimum Gasteiger partial charge on any atom is -0.478 e. The Morgan fingerprint density at radius 2 is 1.81 bits per heavy atom. The SMILES string of the molecule is CCCCCCCCCCNc1nccc(C(=O)O)c1N. The third kappa shape index (κ3) is 6.47. The van der Waals surface area contributed by atoms with Gasteiger partial charge < -0.3 is 16.2 Å². The fourth-order valence-electron chi connectivity index (χ4n) is 2.27. The number of unbranched alkanes of at least 4 members (excludes halogenated alkanes) is 7. The summed E-state index contributed by atoms with van der Waals surface area (Å²) in [6, 6.07) is 1.42. The predicted octanol–water partition coefficient (Wildman–Crippen LogP) is 3.91. The van der Waals surface area contributed by atoms with Crippen molar-refractivity contribution in [2.45, 2.75) is 58.3 Å². The number of carbonyl (C=O) groups is 1. The zero-order valence-electron chi connectivity index (χ0n) is 12.9. The van der Waals surface area contributed by atoms with Crippen LogP contribution in [0.25, 0.3) is 0 Å². The Balaban J connectivity index is 2.19. The van der Waals surface area contributed by atoms with E-state index in [9.17, 15) is 4.79 Å². The van der Waals surface area contributed by atoms with Crippen LogP contribution in [0.4, 0.5) is 11.5 Å². The molecule has 0 bridgehead atoms. The first-order chi connectivity index (χ1) is 10.2. The molecule has 0 spiro atoms. The van der Waals surface area contributed by atoms with E-state index in [-0.39, 0.29) is 11.3 Å². The Bertz CT molecular complexity index is 436. The van der Waals surface area contributed by atoms with Gasteiger partial charge in [-0.2, -0.15) is 0 Å². The van der Waals surface area contributed by atoms with Crippen LogP contribution in [-0.2, 0) is 0 Å². The van der Waals surface area contributed by atoms with Crippen molar-refractivity contribution in [3.05, 3.63) is 17.8 Å². The van der Waals surface area contributed by atoms with Gasteiger partial charge in [-0.25, -0.2) is 9.78 Å². The maximum atomic E-state index is 11.0. The largest absolute Gasteiger partial charge is 0.478 e. The van der Waals surface area contributed by atoms with E-state index in [1.807, 2.05) is 0 Å². The molecule has 0 amide bonds. The summed E-state index contributed by atoms with van der Waals surface area (Å²) in [5.74, 6) is -0.553. The van der Waals surface area contributed by atoms with Gasteiger partial charge in [0.2, 0.25) is 0 Å². The molecule has 0 unspecified atom stereocenters. The first kappa shape index (κ1) is 17.3. The smallest absolute Gasteiger partial charge is 0.337 e. The van der Waals surface area contributed by atoms with Gasteiger partial charge in [0.05, 0.1) is 11.3 Å². The van der Waals surface area contributed by atoms with Crippen LogP contribution in [0.15, 0.2) is 12.3 Å². The topological polar surface area (TPSA) is 88.2 Å². The van der Waals surface area contributed by atoms with Crippen molar-refractivity contribution in [2.75, 3.05) is 17.6 Å². The number of hydrogen-bond acceptors (Lipinski definition) is 4. The molecule has 1 aromatic rings. The summed E-state index contributed by atoms with van der Waals surface area (Å²) in [5.41, 5.74) is 6.10. The number of rotatable bonds is 11. The fraction of sp³-hybridized carbons (Fsp3) is 0.625. The molecule has 0 fully saturated rings. The molecule has 0 aromatic carbocycles. The number of carboxylic acids is 1. The van der Waals surface area contributed by atoms with Gasteiger partial charge in [-0.3, -0.25) is 0 Å². The Labute approximate surface area is 127 Å². The molecular formula is C16H27N3O2. The van der Waals surface area contributed by atoms with E-state index in [2.05, 4.69) is 17.2 Å². The second kappa shape index (κ2) is 10.0. The zero-order chi connectivity index (χ0) is 15.5. The van der Waals surface area contributed by atoms with Crippen molar-refractivity contribution in [1.82, 2.24) is 4.98 Å². The van der Waals surface area contributed by atoms with Gasteiger partial charge in [0.25, 0.3) is 0 Å². The van der Waals surface area contributed by atoms with E-state index in [0.717, 1.165) is 13.0 Å². The van der Waals surface area contributed by atoms with Crippen molar-refractivity contribution in [2.24, 2.45) is 0 Å². The van der Waals surface area contributed by atoms with E-state index in [1.165, 1.54) is 57.2 Å². The number of aromatic nitrogens is 1. The van der Waals surface area contributed by atoms with Crippen molar-refractivity contribution in [1.29, 1.82) is 0 Å². The Hall–Kier alpha value is -1.78. The molecule has 1 heterocycles. The minimum atomic E-state index is -1.02. The summed E-state index contributed by atoms with van der Waals surface area (Å²) >= 11 is 0. The summed E-state index contributed by atoms with van der Waals surface area (Å²) in [6.07, 6.45) is 11.5. The van der Waals surface area contributed by atoms with Crippen LogP contribution in [-0.4, -0.2) is 22.6 Å². The van der Waals surface area contributed by atoms with Crippen LogP contribution >= 0.6 is 0 Å². The fourth-order valence-corrected chi connectivity index (χ4v) is 2.27. The molecule has 4 N–H and O–H groups in total. The van der Waals surface area contributed by atoms with Crippen LogP contribution < -0.4 is 11.1 Å². The molecule has 0 radical (unpaired) electrons. The summed E-state index contributed by atoms with van der Waals surface area (Å²) in [7, 11) is 0. The van der Waals surface area contributed by atoms with Crippen LogP contribution in [0.1, 0.15) is 68.6 Å². The second-order valence-electron chi connectivity index (χ2n) is 5.33. The number of hydrogen-bond donors (Lipinski definition) is 3. The van der Waals surface area contributed by atoms with Crippen LogP contribution in [0, 0.1) is 0 Å². The number of nitrogens with two attached hydrogens (primary N) is 1. The maximum absolute atomic E-state index is 11.0. The molecule has 118 valence electrons. The van der Waals surface area contributed by atoms with Gasteiger partial charge in [-0.05, 0) is 12.5 Å². The molecule has 21 heavy (non-hydrogen) atoms. The van der Waals surface area contributed by atoms with Gasteiger partial charge in [-0.1, -0.05) is 51.9 Å². The van der Waals surface area contributed by atoms with Crippen LogP contribution in [0.2, 0.25) is 0 Å². The molecule has 1 aromatic heterocycles. The highest BCUT2D eigenvalue weighted by molar-refractivity contribution is 5.96. The molecule has 0 saturated heterocycles. The third-order valence-electron chi connectivity index (χ3n) is 3.54. The monoisotopic (exact) mass is 293 g/mol. The number of anilines is 2. The van der Waals surface area contributed by atoms with E-state index in [1.54, 1.807) is 0 Å². The molecule has 0 aliphatic carbocycles. The first-order valence-corrected chi connectivity index (χ1v) is 7.88. The standard InChI is InChI=1S/C16H27N3O2/c1-2-3-4-5-6-7-8-9-11-18-15-14(17)13(16(20)21)10-12-19-15/h10,12H,2-9,11,17H2,1H3,(H,18,19)(H,20,21). The van der Waals surface area contributed by atoms with Crippen molar-refractivity contribution >= 4 is 17.5 Å². The van der Waals surface area contributed by atoms with Crippen LogP contribution in [0.3, 0.4) is 0 Å². The second-order valence-corrected chi connectivity index (χ2v) is 5.33. The van der Waals surface area contributed by atoms with Crippen molar-refractivity contribution in [3.63, 3.8) is 0 Å². The molecule has 5 heteroatoms. The number of carboxylic acid groups (broad SMARTS) is 1. The Morgan fingerprint density at radius 1 is 1.19 bits per heavy atom. The number of nitrogen functional groups attached to an aromatic ring is 1. The Kier molecular flexibility index (Phi) is 8.24. The van der Waals surface area contributed by atoms with E-state index < -0.39 is 5.97 Å². The molecule has 0 aliphatic heterocycles. The van der Waals surface area contributed by atoms with E-state index >= 15 is 0 Å². The number of aromatic carboxylic acids is 1. The van der Waals surface area contributed by atoms with Gasteiger partial charge in [0.15, 0.2) is 0 Å². The van der Waals surface area contributed by atoms with Gasteiger partial charge in [0.1, 0.15) is 5.82 Å². The van der Waals surface area contributed by atoms with Crippen molar-refractivity contribution < 1.29 is 9.90 Å². The average Bonchev–Trinajstić information content (AvgIpc) is 2.46. The lowest BCUT2D eigenvalue weighted by molar-refractivity contribution is 0.0698. The van der Waals surface area contributed by atoms with Gasteiger partial charge in [-0.15, -0.1) is 0 Å². The average molecular weight is 293 g/mol. The molecule has 1 rings (SSSR count). The van der Waals surface area contributed by atoms with Gasteiger partial charge in [0, 0.05) is 12.7 Å². The molecule has 5 nitrogen and oxygen atoms in total. The van der Waals surface area contributed by atoms with Gasteiger partial charge >= 0.3 is 5.97 Å². The first-order valence-electron chi connectivity index (χ1n) is 7.88. The maximum Gasteiger partial charge on any atom is 0.337 e. The minimum absolute atomic E-state index is 0.100. The molecular weight excluding hydrogens is 266 g/mol. The lowest BCUT2D eigenvalue weighted by Gasteiger charge is -2.09. The van der Waals surface area contributed by atoms with Crippen LogP contribution in [0.5, 0.6) is 0 Å². The van der Waals surface area contributed by atoms with E-state index in [0.29, 0.717) is 5.82 Å². The summed E-state index contributed by atoms with van der Waals surface area (Å²) in [5, 5.41) is 12.1. The summed E-state index contributed by atoms with van der Waals surface area (Å²) in [6.45, 7) is 3.00. The number of pyridine rings is 1. The summed E-state index contributed by atoms with van der Waals surface area (Å²) in [4.78, 5) is 15.1. The number of nitrogens with one attached hydrogen (secondary N) is 1.